The molecule has 1 atom stereocenters. The smallest absolute Gasteiger partial charge is 0.160 e. The van der Waals surface area contributed by atoms with E-state index in [2.05, 4.69) is 0 Å². The van der Waals surface area contributed by atoms with E-state index in [4.69, 9.17) is 11.6 Å². The molecule has 3 rings (SSSR count). The predicted molar refractivity (Wildman–Crippen MR) is 81.0 cm³/mol. The van der Waals surface area contributed by atoms with Crippen molar-refractivity contribution < 1.29 is 13.9 Å². The number of fused-ring (bicyclic) bond motifs is 1. The summed E-state index contributed by atoms with van der Waals surface area (Å²) in [7, 11) is 0. The first-order valence-electron chi connectivity index (χ1n) is 7.00. The van der Waals surface area contributed by atoms with Crippen LogP contribution in [-0.2, 0) is 12.8 Å². The van der Waals surface area contributed by atoms with Crippen molar-refractivity contribution in [3.63, 3.8) is 0 Å². The van der Waals surface area contributed by atoms with Crippen LogP contribution in [0.1, 0.15) is 46.2 Å². The number of hydrogen-bond acceptors (Lipinski definition) is 2. The zero-order valence-corrected chi connectivity index (χ0v) is 12.9. The fourth-order valence-corrected chi connectivity index (χ4v) is 4.24. The minimum absolute atomic E-state index is 0.0463. The van der Waals surface area contributed by atoms with Gasteiger partial charge in [-0.25, -0.2) is 8.78 Å². The summed E-state index contributed by atoms with van der Waals surface area (Å²) in [6.45, 7) is 0. The molecule has 0 fully saturated rings. The van der Waals surface area contributed by atoms with Gasteiger partial charge in [0.15, 0.2) is 11.6 Å². The minimum atomic E-state index is -1.01. The first-order valence-corrected chi connectivity index (χ1v) is 8.19. The maximum atomic E-state index is 13.4. The SMILES string of the molecule is OC(c1cc2c(s1)CCCCC2)c1cc(F)c(F)cc1Cl. The molecule has 21 heavy (non-hydrogen) atoms. The molecule has 2 aromatic rings. The molecule has 0 amide bonds. The number of aryl methyl sites for hydroxylation is 2. The zero-order valence-electron chi connectivity index (χ0n) is 11.3. The molecule has 1 aliphatic rings. The van der Waals surface area contributed by atoms with Crippen LogP contribution in [0, 0.1) is 11.6 Å². The van der Waals surface area contributed by atoms with Gasteiger partial charge in [0.05, 0.1) is 0 Å². The number of halogens is 3. The third kappa shape index (κ3) is 2.98. The van der Waals surface area contributed by atoms with E-state index >= 15 is 0 Å². The van der Waals surface area contributed by atoms with Gasteiger partial charge in [0, 0.05) is 20.3 Å². The van der Waals surface area contributed by atoms with Crippen molar-refractivity contribution in [2.24, 2.45) is 0 Å². The molecule has 0 aliphatic heterocycles. The van der Waals surface area contributed by atoms with Crippen LogP contribution >= 0.6 is 22.9 Å². The first-order chi connectivity index (χ1) is 10.1. The standard InChI is InChI=1S/C16H15ClF2OS/c17-11-8-13(19)12(18)7-10(11)16(20)15-6-9-4-2-1-3-5-14(9)21-15/h6-8,16,20H,1-5H2. The van der Waals surface area contributed by atoms with Crippen molar-refractivity contribution in [2.45, 2.75) is 38.2 Å². The van der Waals surface area contributed by atoms with E-state index in [0.717, 1.165) is 42.7 Å². The Morgan fingerprint density at radius 3 is 2.57 bits per heavy atom. The predicted octanol–water partition coefficient (Wildman–Crippen LogP) is 5.03. The van der Waals surface area contributed by atoms with Gasteiger partial charge < -0.3 is 5.11 Å². The summed E-state index contributed by atoms with van der Waals surface area (Å²) in [5.74, 6) is -2.00. The van der Waals surface area contributed by atoms with E-state index in [1.807, 2.05) is 6.07 Å². The van der Waals surface area contributed by atoms with Gasteiger partial charge in [0.1, 0.15) is 6.10 Å². The summed E-state index contributed by atoms with van der Waals surface area (Å²) in [6, 6.07) is 3.87. The molecule has 1 N–H and O–H groups in total. The van der Waals surface area contributed by atoms with Crippen molar-refractivity contribution in [3.05, 3.63) is 55.7 Å². The summed E-state index contributed by atoms with van der Waals surface area (Å²) in [5.41, 5.74) is 1.48. The molecule has 1 heterocycles. The van der Waals surface area contributed by atoms with Crippen LogP contribution in [0.25, 0.3) is 0 Å². The van der Waals surface area contributed by atoms with Gasteiger partial charge >= 0.3 is 0 Å². The Balaban J connectivity index is 1.95. The normalized spacial score (nSPS) is 16.4. The van der Waals surface area contributed by atoms with Crippen molar-refractivity contribution >= 4 is 22.9 Å². The Hall–Kier alpha value is -0.970. The quantitative estimate of drug-likeness (QED) is 0.605. The van der Waals surface area contributed by atoms with Crippen LogP contribution in [0.3, 0.4) is 0 Å². The summed E-state index contributed by atoms with van der Waals surface area (Å²) in [4.78, 5) is 2.04. The van der Waals surface area contributed by atoms with Crippen molar-refractivity contribution in [3.8, 4) is 0 Å². The molecule has 1 unspecified atom stereocenters. The number of hydrogen-bond donors (Lipinski definition) is 1. The van der Waals surface area contributed by atoms with Gasteiger partial charge in [0.25, 0.3) is 0 Å². The Kier molecular flexibility index (Phi) is 4.29. The second-order valence-electron chi connectivity index (χ2n) is 5.35. The third-order valence-electron chi connectivity index (χ3n) is 3.87. The summed E-state index contributed by atoms with van der Waals surface area (Å²) < 4.78 is 26.5. The topological polar surface area (TPSA) is 20.2 Å². The van der Waals surface area contributed by atoms with E-state index in [0.29, 0.717) is 0 Å². The lowest BCUT2D eigenvalue weighted by Crippen LogP contribution is -2.00. The molecule has 0 bridgehead atoms. The van der Waals surface area contributed by atoms with Crippen molar-refractivity contribution in [1.29, 1.82) is 0 Å². The Morgan fingerprint density at radius 2 is 1.76 bits per heavy atom. The average molecular weight is 329 g/mol. The lowest BCUT2D eigenvalue weighted by Gasteiger charge is -2.11. The van der Waals surface area contributed by atoms with E-state index in [1.165, 1.54) is 16.9 Å². The second kappa shape index (κ2) is 6.03. The lowest BCUT2D eigenvalue weighted by atomic mass is 10.1. The fourth-order valence-electron chi connectivity index (χ4n) is 2.73. The van der Waals surface area contributed by atoms with Crippen LogP contribution < -0.4 is 0 Å². The van der Waals surface area contributed by atoms with Crippen molar-refractivity contribution in [1.82, 2.24) is 0 Å². The van der Waals surface area contributed by atoms with Gasteiger partial charge in [0.2, 0.25) is 0 Å². The minimum Gasteiger partial charge on any atom is -0.383 e. The van der Waals surface area contributed by atoms with Crippen LogP contribution in [0.15, 0.2) is 18.2 Å². The largest absolute Gasteiger partial charge is 0.383 e. The molecule has 1 aromatic carbocycles. The van der Waals surface area contributed by atoms with Gasteiger partial charge in [-0.1, -0.05) is 18.0 Å². The highest BCUT2D eigenvalue weighted by Crippen LogP contribution is 2.37. The number of aliphatic hydroxyl groups excluding tert-OH is 1. The summed E-state index contributed by atoms with van der Waals surface area (Å²) >= 11 is 7.48. The molecule has 1 aromatic heterocycles. The number of rotatable bonds is 2. The van der Waals surface area contributed by atoms with E-state index < -0.39 is 17.7 Å². The highest BCUT2D eigenvalue weighted by Gasteiger charge is 2.21. The molecule has 1 nitrogen and oxygen atoms in total. The monoisotopic (exact) mass is 328 g/mol. The molecule has 5 heteroatoms. The molecule has 0 radical (unpaired) electrons. The lowest BCUT2D eigenvalue weighted by molar-refractivity contribution is 0.223. The van der Waals surface area contributed by atoms with Crippen LogP contribution in [-0.4, -0.2) is 5.11 Å². The molecule has 112 valence electrons. The Bertz CT molecular complexity index is 645. The molecule has 0 saturated heterocycles. The van der Waals surface area contributed by atoms with E-state index in [9.17, 15) is 13.9 Å². The first kappa shape index (κ1) is 14.9. The van der Waals surface area contributed by atoms with Gasteiger partial charge in [-0.05, 0) is 49.4 Å². The zero-order chi connectivity index (χ0) is 15.0. The maximum Gasteiger partial charge on any atom is 0.160 e. The summed E-state index contributed by atoms with van der Waals surface area (Å²) in [6.07, 6.45) is 4.58. The van der Waals surface area contributed by atoms with E-state index in [-0.39, 0.29) is 10.6 Å². The number of aliphatic hydroxyl groups is 1. The second-order valence-corrected chi connectivity index (χ2v) is 6.92. The molecular formula is C16H15ClF2OS. The van der Waals surface area contributed by atoms with E-state index in [1.54, 1.807) is 11.3 Å². The molecular weight excluding hydrogens is 314 g/mol. The highest BCUT2D eigenvalue weighted by atomic mass is 35.5. The molecule has 0 saturated carbocycles. The Morgan fingerprint density at radius 1 is 1.05 bits per heavy atom. The fraction of sp³-hybridized carbons (Fsp3) is 0.375. The Labute approximate surface area is 131 Å². The van der Waals surface area contributed by atoms with Crippen LogP contribution in [0.4, 0.5) is 8.78 Å². The molecule has 0 spiro atoms. The van der Waals surface area contributed by atoms with Crippen LogP contribution in [0.5, 0.6) is 0 Å². The van der Waals surface area contributed by atoms with Crippen LogP contribution in [0.2, 0.25) is 5.02 Å². The highest BCUT2D eigenvalue weighted by molar-refractivity contribution is 7.12. The van der Waals surface area contributed by atoms with Gasteiger partial charge in [-0.2, -0.15) is 0 Å². The molecule has 1 aliphatic carbocycles. The third-order valence-corrected chi connectivity index (χ3v) is 5.49. The summed E-state index contributed by atoms with van der Waals surface area (Å²) in [5, 5.41) is 10.5. The van der Waals surface area contributed by atoms with Gasteiger partial charge in [-0.3, -0.25) is 0 Å². The number of benzene rings is 1. The van der Waals surface area contributed by atoms with Crippen molar-refractivity contribution in [2.75, 3.05) is 0 Å². The van der Waals surface area contributed by atoms with Gasteiger partial charge in [-0.15, -0.1) is 11.3 Å². The number of thiophene rings is 1. The maximum absolute atomic E-state index is 13.4. The average Bonchev–Trinajstić information content (AvgIpc) is 2.73.